The minimum absolute atomic E-state index is 0.266. The third-order valence-electron chi connectivity index (χ3n) is 3.14. The molecular weight excluding hydrogens is 324 g/mol. The summed E-state index contributed by atoms with van der Waals surface area (Å²) in [6.07, 6.45) is 0. The predicted octanol–water partition coefficient (Wildman–Crippen LogP) is 4.73. The molecule has 0 bridgehead atoms. The first-order valence-electron chi connectivity index (χ1n) is 6.47. The number of nitrogens with one attached hydrogen (secondary N) is 1. The summed E-state index contributed by atoms with van der Waals surface area (Å²) in [6.45, 7) is 4.56. The number of aryl methyl sites for hydroxylation is 1. The van der Waals surface area contributed by atoms with Gasteiger partial charge in [0.2, 0.25) is 0 Å². The molecule has 2 aromatic rings. The normalized spacial score (nSPS) is 12.4. The number of benzene rings is 2. The van der Waals surface area contributed by atoms with Gasteiger partial charge in [0.05, 0.1) is 6.04 Å². The van der Waals surface area contributed by atoms with Crippen LogP contribution in [-0.4, -0.2) is 6.54 Å². The second kappa shape index (κ2) is 6.46. The van der Waals surface area contributed by atoms with Crippen LogP contribution in [0.4, 0.5) is 8.78 Å². The molecule has 1 nitrogen and oxygen atoms in total. The van der Waals surface area contributed by atoms with Crippen LogP contribution in [0.15, 0.2) is 40.9 Å². The summed E-state index contributed by atoms with van der Waals surface area (Å²) in [5.74, 6) is -0.585. The van der Waals surface area contributed by atoms with E-state index in [0.29, 0.717) is 16.6 Å². The van der Waals surface area contributed by atoms with Gasteiger partial charge in [0.1, 0.15) is 11.6 Å². The molecule has 0 spiro atoms. The summed E-state index contributed by atoms with van der Waals surface area (Å²) >= 11 is 3.36. The number of rotatable bonds is 4. The molecule has 0 aliphatic rings. The van der Waals surface area contributed by atoms with E-state index in [4.69, 9.17) is 0 Å². The van der Waals surface area contributed by atoms with Crippen molar-refractivity contribution in [2.24, 2.45) is 0 Å². The zero-order chi connectivity index (χ0) is 14.7. The molecule has 1 N–H and O–H groups in total. The summed E-state index contributed by atoms with van der Waals surface area (Å²) in [4.78, 5) is 0. The zero-order valence-corrected chi connectivity index (χ0v) is 13.0. The average molecular weight is 340 g/mol. The van der Waals surface area contributed by atoms with Crippen LogP contribution in [0.25, 0.3) is 0 Å². The molecule has 0 saturated heterocycles. The topological polar surface area (TPSA) is 12.0 Å². The van der Waals surface area contributed by atoms with Crippen LogP contribution in [0.3, 0.4) is 0 Å². The maximum atomic E-state index is 14.1. The predicted molar refractivity (Wildman–Crippen MR) is 80.8 cm³/mol. The maximum absolute atomic E-state index is 14.1. The minimum Gasteiger partial charge on any atom is -0.306 e. The van der Waals surface area contributed by atoms with Crippen LogP contribution < -0.4 is 5.32 Å². The lowest BCUT2D eigenvalue weighted by atomic mass is 9.96. The van der Waals surface area contributed by atoms with Gasteiger partial charge in [-0.05, 0) is 37.2 Å². The lowest BCUT2D eigenvalue weighted by molar-refractivity contribution is 0.556. The van der Waals surface area contributed by atoms with Crippen molar-refractivity contribution in [1.29, 1.82) is 0 Å². The molecule has 0 radical (unpaired) electrons. The lowest BCUT2D eigenvalue weighted by Crippen LogP contribution is -2.23. The molecule has 0 aromatic heterocycles. The minimum atomic E-state index is -0.319. The first-order chi connectivity index (χ1) is 9.52. The van der Waals surface area contributed by atoms with Crippen molar-refractivity contribution in [3.8, 4) is 0 Å². The molecule has 0 aliphatic carbocycles. The molecule has 106 valence electrons. The molecule has 2 aromatic carbocycles. The quantitative estimate of drug-likeness (QED) is 0.848. The molecule has 20 heavy (non-hydrogen) atoms. The standard InChI is InChI=1S/C16H16BrF2N/c1-3-20-16(12-6-5-11(18)9-14(12)17)13-8-10(2)4-7-15(13)19/h4-9,16,20H,3H2,1-2H3. The molecule has 1 unspecified atom stereocenters. The van der Waals surface area contributed by atoms with Crippen LogP contribution in [-0.2, 0) is 0 Å². The van der Waals surface area contributed by atoms with E-state index >= 15 is 0 Å². The molecule has 0 heterocycles. The molecule has 0 amide bonds. The highest BCUT2D eigenvalue weighted by Gasteiger charge is 2.19. The summed E-state index contributed by atoms with van der Waals surface area (Å²) in [7, 11) is 0. The van der Waals surface area contributed by atoms with Gasteiger partial charge in [-0.25, -0.2) is 8.78 Å². The fourth-order valence-electron chi connectivity index (χ4n) is 2.21. The Bertz CT molecular complexity index is 613. The monoisotopic (exact) mass is 339 g/mol. The maximum Gasteiger partial charge on any atom is 0.128 e. The Hall–Kier alpha value is -1.26. The fraction of sp³-hybridized carbons (Fsp3) is 0.250. The van der Waals surface area contributed by atoms with Crippen molar-refractivity contribution in [3.05, 3.63) is 69.2 Å². The van der Waals surface area contributed by atoms with Gasteiger partial charge in [0.25, 0.3) is 0 Å². The van der Waals surface area contributed by atoms with Crippen molar-refractivity contribution in [2.75, 3.05) is 6.54 Å². The Morgan fingerprint density at radius 2 is 1.85 bits per heavy atom. The van der Waals surface area contributed by atoms with E-state index in [1.807, 2.05) is 19.9 Å². The van der Waals surface area contributed by atoms with Crippen molar-refractivity contribution in [2.45, 2.75) is 19.9 Å². The Kier molecular flexibility index (Phi) is 4.89. The van der Waals surface area contributed by atoms with E-state index in [-0.39, 0.29) is 17.7 Å². The van der Waals surface area contributed by atoms with Gasteiger partial charge in [-0.3, -0.25) is 0 Å². The second-order valence-corrected chi connectivity index (χ2v) is 5.54. The fourth-order valence-corrected chi connectivity index (χ4v) is 2.79. The first-order valence-corrected chi connectivity index (χ1v) is 7.26. The number of halogens is 3. The third kappa shape index (κ3) is 3.25. The number of hydrogen-bond donors (Lipinski definition) is 1. The largest absolute Gasteiger partial charge is 0.306 e. The van der Waals surface area contributed by atoms with E-state index in [2.05, 4.69) is 21.2 Å². The second-order valence-electron chi connectivity index (χ2n) is 4.68. The van der Waals surface area contributed by atoms with E-state index in [1.54, 1.807) is 12.1 Å². The van der Waals surface area contributed by atoms with Gasteiger partial charge < -0.3 is 5.32 Å². The highest BCUT2D eigenvalue weighted by atomic mass is 79.9. The highest BCUT2D eigenvalue weighted by Crippen LogP contribution is 2.31. The van der Waals surface area contributed by atoms with Crippen LogP contribution in [0, 0.1) is 18.6 Å². The van der Waals surface area contributed by atoms with Crippen LogP contribution in [0.1, 0.15) is 29.7 Å². The summed E-state index contributed by atoms with van der Waals surface area (Å²) in [6, 6.07) is 9.17. The average Bonchev–Trinajstić information content (AvgIpc) is 2.40. The van der Waals surface area contributed by atoms with Gasteiger partial charge in [-0.2, -0.15) is 0 Å². The molecule has 4 heteroatoms. The Balaban J connectivity index is 2.53. The third-order valence-corrected chi connectivity index (χ3v) is 3.83. The zero-order valence-electron chi connectivity index (χ0n) is 11.4. The van der Waals surface area contributed by atoms with Crippen molar-refractivity contribution in [3.63, 3.8) is 0 Å². The Morgan fingerprint density at radius 3 is 2.50 bits per heavy atom. The summed E-state index contributed by atoms with van der Waals surface area (Å²) in [5.41, 5.74) is 2.37. The van der Waals surface area contributed by atoms with Gasteiger partial charge in [-0.15, -0.1) is 0 Å². The summed E-state index contributed by atoms with van der Waals surface area (Å²) in [5, 5.41) is 3.25. The van der Waals surface area contributed by atoms with Crippen LogP contribution >= 0.6 is 15.9 Å². The SMILES string of the molecule is CCNC(c1cc(C)ccc1F)c1ccc(F)cc1Br. The number of hydrogen-bond acceptors (Lipinski definition) is 1. The van der Waals surface area contributed by atoms with Gasteiger partial charge in [0, 0.05) is 10.0 Å². The van der Waals surface area contributed by atoms with Crippen LogP contribution in [0.2, 0.25) is 0 Å². The lowest BCUT2D eigenvalue weighted by Gasteiger charge is -2.21. The Labute approximate surface area is 126 Å². The van der Waals surface area contributed by atoms with E-state index < -0.39 is 0 Å². The molecule has 0 fully saturated rings. The molecule has 1 atom stereocenters. The van der Waals surface area contributed by atoms with E-state index in [1.165, 1.54) is 18.2 Å². The van der Waals surface area contributed by atoms with Crippen molar-refractivity contribution in [1.82, 2.24) is 5.32 Å². The molecule has 0 saturated carbocycles. The van der Waals surface area contributed by atoms with Crippen molar-refractivity contribution >= 4 is 15.9 Å². The molecule has 2 rings (SSSR count). The van der Waals surface area contributed by atoms with Crippen molar-refractivity contribution < 1.29 is 8.78 Å². The highest BCUT2D eigenvalue weighted by molar-refractivity contribution is 9.10. The van der Waals surface area contributed by atoms with Gasteiger partial charge in [-0.1, -0.05) is 46.6 Å². The molecular formula is C16H16BrF2N. The van der Waals surface area contributed by atoms with E-state index in [0.717, 1.165) is 11.1 Å². The van der Waals surface area contributed by atoms with E-state index in [9.17, 15) is 8.78 Å². The summed E-state index contributed by atoms with van der Waals surface area (Å²) < 4.78 is 28.0. The van der Waals surface area contributed by atoms with Crippen LogP contribution in [0.5, 0.6) is 0 Å². The van der Waals surface area contributed by atoms with Gasteiger partial charge in [0.15, 0.2) is 0 Å². The Morgan fingerprint density at radius 1 is 1.10 bits per heavy atom. The molecule has 0 aliphatic heterocycles. The smallest absolute Gasteiger partial charge is 0.128 e. The van der Waals surface area contributed by atoms with Gasteiger partial charge >= 0.3 is 0 Å². The first kappa shape index (κ1) is 15.1.